The summed E-state index contributed by atoms with van der Waals surface area (Å²) in [6.45, 7) is 0.708. The number of nitrogens with zero attached hydrogens (tertiary/aromatic N) is 3. The second-order valence-corrected chi connectivity index (χ2v) is 7.50. The molecule has 0 aliphatic carbocycles. The minimum absolute atomic E-state index is 0. The Hall–Kier alpha value is -0.750. The largest absolute Gasteiger partial charge is 0.355 e. The van der Waals surface area contributed by atoms with Crippen LogP contribution in [0, 0.1) is 0 Å². The van der Waals surface area contributed by atoms with E-state index in [0.717, 1.165) is 27.2 Å². The maximum atomic E-state index is 12.2. The van der Waals surface area contributed by atoms with Crippen molar-refractivity contribution in [2.24, 2.45) is 0 Å². The highest BCUT2D eigenvalue weighted by molar-refractivity contribution is 9.10. The molecular formula is C18H21Br4N5OS. The van der Waals surface area contributed by atoms with Crippen LogP contribution in [0.1, 0.15) is 16.8 Å². The van der Waals surface area contributed by atoms with Crippen LogP contribution in [-0.2, 0) is 12.2 Å². The third kappa shape index (κ3) is 9.29. The van der Waals surface area contributed by atoms with E-state index in [1.807, 2.05) is 24.3 Å². The molecule has 0 saturated heterocycles. The van der Waals surface area contributed by atoms with E-state index in [-0.39, 0.29) is 56.5 Å². The van der Waals surface area contributed by atoms with Gasteiger partial charge in [-0.1, -0.05) is 6.07 Å². The van der Waals surface area contributed by atoms with Gasteiger partial charge in [0.2, 0.25) is 5.95 Å². The van der Waals surface area contributed by atoms with Gasteiger partial charge in [-0.05, 0) is 39.7 Å². The van der Waals surface area contributed by atoms with Crippen molar-refractivity contribution in [1.82, 2.24) is 19.9 Å². The molecule has 0 saturated carbocycles. The van der Waals surface area contributed by atoms with Gasteiger partial charge in [0, 0.05) is 59.3 Å². The van der Waals surface area contributed by atoms with Crippen molar-refractivity contribution in [3.05, 3.63) is 80.7 Å². The molecule has 6 nitrogen and oxygen atoms in total. The Balaban J connectivity index is 0.00000261. The van der Waals surface area contributed by atoms with Crippen LogP contribution in [0.4, 0.5) is 5.95 Å². The van der Waals surface area contributed by atoms with Crippen LogP contribution in [0.3, 0.4) is 0 Å². The number of thioether (sulfide) groups is 1. The van der Waals surface area contributed by atoms with Crippen molar-refractivity contribution in [2.75, 3.05) is 17.6 Å². The second kappa shape index (κ2) is 15.1. The molecule has 11 heteroatoms. The van der Waals surface area contributed by atoms with Gasteiger partial charge in [0.05, 0.1) is 5.69 Å². The summed E-state index contributed by atoms with van der Waals surface area (Å²) in [5.41, 5.74) is 2.51. The van der Waals surface area contributed by atoms with E-state index < -0.39 is 0 Å². The van der Waals surface area contributed by atoms with Crippen LogP contribution >= 0.6 is 78.6 Å². The number of rotatable bonds is 8. The number of pyridine rings is 2. The molecule has 0 bridgehead atoms. The number of halogens is 4. The molecule has 2 N–H and O–H groups in total. The number of anilines is 1. The van der Waals surface area contributed by atoms with Crippen LogP contribution in [0.2, 0.25) is 0 Å². The lowest BCUT2D eigenvalue weighted by atomic mass is 10.1. The number of hydrogen-bond acceptors (Lipinski definition) is 6. The van der Waals surface area contributed by atoms with Crippen molar-refractivity contribution < 1.29 is 0 Å². The smallest absolute Gasteiger partial charge is 0.255 e. The summed E-state index contributed by atoms with van der Waals surface area (Å²) in [7, 11) is 0. The van der Waals surface area contributed by atoms with E-state index in [9.17, 15) is 4.79 Å². The van der Waals surface area contributed by atoms with Crippen molar-refractivity contribution in [2.45, 2.75) is 12.2 Å². The highest BCUT2D eigenvalue weighted by Gasteiger charge is 2.05. The lowest BCUT2D eigenvalue weighted by Crippen LogP contribution is -2.18. The minimum atomic E-state index is -0.128. The van der Waals surface area contributed by atoms with Gasteiger partial charge in [-0.15, -0.1) is 50.9 Å². The highest BCUT2D eigenvalue weighted by atomic mass is 79.9. The van der Waals surface area contributed by atoms with Gasteiger partial charge in [0.15, 0.2) is 0 Å². The predicted molar refractivity (Wildman–Crippen MR) is 139 cm³/mol. The number of hydrogen-bond donors (Lipinski definition) is 2. The topological polar surface area (TPSA) is 83.6 Å². The first-order chi connectivity index (χ1) is 12.7. The van der Waals surface area contributed by atoms with Crippen LogP contribution in [-0.4, -0.2) is 32.2 Å². The minimum Gasteiger partial charge on any atom is -0.355 e. The number of aromatic amines is 1. The summed E-state index contributed by atoms with van der Waals surface area (Å²) in [5, 5.41) is 3.15. The molecule has 0 aromatic carbocycles. The zero-order valence-electron chi connectivity index (χ0n) is 15.2. The van der Waals surface area contributed by atoms with E-state index in [1.165, 1.54) is 0 Å². The predicted octanol–water partition coefficient (Wildman–Crippen LogP) is 4.99. The quantitative estimate of drug-likeness (QED) is 0.328. The number of aromatic nitrogens is 4. The standard InChI is InChI=1S/C18H18BrN5OS.3BrH/c19-15-4-2-6-21-16(15)12-26-8-7-22-18-23-11-14(17(25)24-18)9-13-3-1-5-20-10-13;;;/h1-6,10-11H,7-9,12H2,(H2,22,23,24,25);3*1H. The average Bonchev–Trinajstić information content (AvgIpc) is 2.66. The second-order valence-electron chi connectivity index (χ2n) is 5.54. The normalized spacial score (nSPS) is 9.55. The Labute approximate surface area is 213 Å². The zero-order valence-corrected chi connectivity index (χ0v) is 22.7. The Morgan fingerprint density at radius 3 is 2.55 bits per heavy atom. The first-order valence-corrected chi connectivity index (χ1v) is 10.1. The molecule has 3 rings (SSSR count). The molecule has 29 heavy (non-hydrogen) atoms. The van der Waals surface area contributed by atoms with Gasteiger partial charge >= 0.3 is 0 Å². The Morgan fingerprint density at radius 2 is 1.86 bits per heavy atom. The Kier molecular flexibility index (Phi) is 14.7. The third-order valence-electron chi connectivity index (χ3n) is 3.60. The zero-order chi connectivity index (χ0) is 18.2. The first kappa shape index (κ1) is 28.2. The van der Waals surface area contributed by atoms with Crippen LogP contribution < -0.4 is 10.9 Å². The Bertz CT molecular complexity index is 914. The van der Waals surface area contributed by atoms with Gasteiger partial charge in [0.1, 0.15) is 0 Å². The van der Waals surface area contributed by atoms with Gasteiger partial charge in [-0.25, -0.2) is 4.98 Å². The van der Waals surface area contributed by atoms with Gasteiger partial charge in [-0.2, -0.15) is 11.8 Å². The molecule has 0 radical (unpaired) electrons. The van der Waals surface area contributed by atoms with E-state index in [2.05, 4.69) is 41.2 Å². The number of nitrogens with one attached hydrogen (secondary N) is 2. The fraction of sp³-hybridized carbons (Fsp3) is 0.222. The monoisotopic (exact) mass is 671 g/mol. The van der Waals surface area contributed by atoms with E-state index >= 15 is 0 Å². The summed E-state index contributed by atoms with van der Waals surface area (Å²) in [5.74, 6) is 2.20. The fourth-order valence-corrected chi connectivity index (χ4v) is 3.69. The summed E-state index contributed by atoms with van der Waals surface area (Å²) in [4.78, 5) is 27.7. The van der Waals surface area contributed by atoms with Crippen LogP contribution in [0.25, 0.3) is 0 Å². The van der Waals surface area contributed by atoms with E-state index in [1.54, 1.807) is 36.5 Å². The molecule has 0 aliphatic heterocycles. The SMILES string of the molecule is Br.Br.Br.O=c1[nH]c(NCCSCc2ncccc2Br)ncc1Cc1cccnc1. The lowest BCUT2D eigenvalue weighted by Gasteiger charge is -2.07. The van der Waals surface area contributed by atoms with Crippen LogP contribution in [0.5, 0.6) is 0 Å². The highest BCUT2D eigenvalue weighted by Crippen LogP contribution is 2.18. The molecule has 0 fully saturated rings. The fourth-order valence-electron chi connectivity index (χ4n) is 2.29. The molecule has 0 aliphatic rings. The Morgan fingerprint density at radius 1 is 1.07 bits per heavy atom. The molecule has 0 atom stereocenters. The first-order valence-electron chi connectivity index (χ1n) is 8.10. The molecular weight excluding hydrogens is 654 g/mol. The number of H-pyrrole nitrogens is 1. The molecule has 3 aromatic rings. The molecule has 158 valence electrons. The molecule has 3 aromatic heterocycles. The van der Waals surface area contributed by atoms with Crippen molar-refractivity contribution in [3.8, 4) is 0 Å². The summed E-state index contributed by atoms with van der Waals surface area (Å²) < 4.78 is 1.02. The van der Waals surface area contributed by atoms with E-state index in [4.69, 9.17) is 0 Å². The summed E-state index contributed by atoms with van der Waals surface area (Å²) >= 11 is 5.26. The average molecular weight is 675 g/mol. The van der Waals surface area contributed by atoms with Crippen molar-refractivity contribution in [3.63, 3.8) is 0 Å². The van der Waals surface area contributed by atoms with E-state index in [0.29, 0.717) is 24.5 Å². The summed E-state index contributed by atoms with van der Waals surface area (Å²) in [6, 6.07) is 7.69. The molecule has 0 unspecified atom stereocenters. The van der Waals surface area contributed by atoms with Crippen molar-refractivity contribution in [1.29, 1.82) is 0 Å². The van der Waals surface area contributed by atoms with Crippen molar-refractivity contribution >= 4 is 84.6 Å². The lowest BCUT2D eigenvalue weighted by molar-refractivity contribution is 1.00. The maximum Gasteiger partial charge on any atom is 0.255 e. The summed E-state index contributed by atoms with van der Waals surface area (Å²) in [6.07, 6.45) is 7.39. The van der Waals surface area contributed by atoms with Gasteiger partial charge in [0.25, 0.3) is 5.56 Å². The molecule has 3 heterocycles. The molecule has 0 amide bonds. The molecule has 0 spiro atoms. The third-order valence-corrected chi connectivity index (χ3v) is 5.30. The van der Waals surface area contributed by atoms with Crippen LogP contribution in [0.15, 0.2) is 58.3 Å². The maximum absolute atomic E-state index is 12.2. The van der Waals surface area contributed by atoms with Gasteiger partial charge < -0.3 is 5.32 Å². The van der Waals surface area contributed by atoms with Gasteiger partial charge in [-0.3, -0.25) is 19.7 Å².